The Balaban J connectivity index is 1.50. The molecule has 174 valence electrons. The van der Waals surface area contributed by atoms with Crippen LogP contribution in [0.2, 0.25) is 0 Å². The van der Waals surface area contributed by atoms with E-state index in [9.17, 15) is 4.79 Å². The number of fused-ring (bicyclic) bond motifs is 1. The molecule has 7 nitrogen and oxygen atoms in total. The number of piperidine rings is 1. The van der Waals surface area contributed by atoms with Gasteiger partial charge in [-0.1, -0.05) is 12.1 Å². The van der Waals surface area contributed by atoms with Crippen molar-refractivity contribution in [1.82, 2.24) is 20.2 Å². The number of hydrogen-bond donors (Lipinski definition) is 3. The maximum atomic E-state index is 11.8. The van der Waals surface area contributed by atoms with E-state index in [0.29, 0.717) is 17.6 Å². The fourth-order valence-electron chi connectivity index (χ4n) is 4.87. The van der Waals surface area contributed by atoms with Crippen LogP contribution in [0.5, 0.6) is 0 Å². The molecular formula is C27H30N6O. The molecule has 0 spiro atoms. The second kappa shape index (κ2) is 9.27. The number of nitrogen functional groups attached to an aromatic ring is 1. The Bertz CT molecular complexity index is 1230. The molecule has 3 aromatic rings. The van der Waals surface area contributed by atoms with Crippen molar-refractivity contribution in [3.05, 3.63) is 71.0 Å². The van der Waals surface area contributed by atoms with E-state index in [1.54, 1.807) is 12.4 Å². The van der Waals surface area contributed by atoms with Crippen LogP contribution in [0.1, 0.15) is 47.1 Å². The largest absolute Gasteiger partial charge is 0.384 e. The van der Waals surface area contributed by atoms with Gasteiger partial charge in [-0.25, -0.2) is 9.97 Å². The zero-order valence-electron chi connectivity index (χ0n) is 19.6. The highest BCUT2D eigenvalue weighted by Crippen LogP contribution is 2.35. The number of pyridine rings is 2. The number of anilines is 3. The molecule has 1 fully saturated rings. The minimum absolute atomic E-state index is 0.465. The standard InChI is InChI=1S/C27H30N6O/c1-17-13-25(28)30-15-22(17)23-14-20-7-10-29-24(16-34)26(20)27(32-23)31-21-5-3-18(4-6-21)19-8-11-33(2)12-9-19/h3-7,10,13-16,19,24,29H,8-9,11-12H2,1-2H3,(H2,28,30)(H,31,32). The van der Waals surface area contributed by atoms with E-state index < -0.39 is 6.04 Å². The lowest BCUT2D eigenvalue weighted by Crippen LogP contribution is -2.29. The minimum Gasteiger partial charge on any atom is -0.384 e. The zero-order chi connectivity index (χ0) is 23.7. The van der Waals surface area contributed by atoms with Crippen LogP contribution in [-0.4, -0.2) is 41.3 Å². The smallest absolute Gasteiger partial charge is 0.146 e. The normalized spacial score (nSPS) is 18.2. The average Bonchev–Trinajstić information content (AvgIpc) is 2.84. The second-order valence-electron chi connectivity index (χ2n) is 9.22. The minimum atomic E-state index is -0.465. The van der Waals surface area contributed by atoms with Crippen molar-refractivity contribution < 1.29 is 4.79 Å². The van der Waals surface area contributed by atoms with Crippen molar-refractivity contribution in [3.8, 4) is 11.3 Å². The van der Waals surface area contributed by atoms with Gasteiger partial charge in [-0.3, -0.25) is 0 Å². The van der Waals surface area contributed by atoms with Crippen LogP contribution < -0.4 is 16.4 Å². The van der Waals surface area contributed by atoms with Gasteiger partial charge in [0.25, 0.3) is 0 Å². The summed E-state index contributed by atoms with van der Waals surface area (Å²) in [5.74, 6) is 1.74. The van der Waals surface area contributed by atoms with Crippen LogP contribution in [0.15, 0.2) is 48.8 Å². The molecule has 0 radical (unpaired) electrons. The van der Waals surface area contributed by atoms with E-state index in [4.69, 9.17) is 10.7 Å². The Hall–Kier alpha value is -3.71. The fraction of sp³-hybridized carbons (Fsp3) is 0.296. The first-order valence-corrected chi connectivity index (χ1v) is 11.7. The van der Waals surface area contributed by atoms with Gasteiger partial charge >= 0.3 is 0 Å². The molecule has 34 heavy (non-hydrogen) atoms. The van der Waals surface area contributed by atoms with Gasteiger partial charge in [-0.05, 0) is 99.1 Å². The molecule has 2 aliphatic heterocycles. The number of hydrogen-bond acceptors (Lipinski definition) is 7. The summed E-state index contributed by atoms with van der Waals surface area (Å²) in [6.07, 6.45) is 8.81. The Morgan fingerprint density at radius 3 is 2.65 bits per heavy atom. The third kappa shape index (κ3) is 4.39. The Morgan fingerprint density at radius 2 is 1.94 bits per heavy atom. The first kappa shape index (κ1) is 22.1. The highest BCUT2D eigenvalue weighted by atomic mass is 16.1. The number of aldehydes is 1. The van der Waals surface area contributed by atoms with Crippen LogP contribution in [-0.2, 0) is 4.79 Å². The molecular weight excluding hydrogens is 424 g/mol. The zero-order valence-corrected chi connectivity index (χ0v) is 19.6. The van der Waals surface area contributed by atoms with Crippen LogP contribution >= 0.6 is 0 Å². The molecule has 0 saturated carbocycles. The van der Waals surface area contributed by atoms with Gasteiger partial charge in [0.05, 0.1) is 5.69 Å². The topological polar surface area (TPSA) is 96.2 Å². The summed E-state index contributed by atoms with van der Waals surface area (Å²) < 4.78 is 0. The predicted molar refractivity (Wildman–Crippen MR) is 137 cm³/mol. The summed E-state index contributed by atoms with van der Waals surface area (Å²) in [6.45, 7) is 4.27. The predicted octanol–water partition coefficient (Wildman–Crippen LogP) is 4.40. The number of likely N-dealkylation sites (tertiary alicyclic amines) is 1. The van der Waals surface area contributed by atoms with Gasteiger partial charge < -0.3 is 26.1 Å². The van der Waals surface area contributed by atoms with E-state index >= 15 is 0 Å². The molecule has 4 heterocycles. The van der Waals surface area contributed by atoms with Crippen molar-refractivity contribution in [2.24, 2.45) is 0 Å². The van der Waals surface area contributed by atoms with Crippen LogP contribution in [0, 0.1) is 6.92 Å². The number of aryl methyl sites for hydroxylation is 1. The van der Waals surface area contributed by atoms with E-state index in [1.807, 2.05) is 25.1 Å². The molecule has 0 bridgehead atoms. The van der Waals surface area contributed by atoms with E-state index in [0.717, 1.165) is 53.0 Å². The van der Waals surface area contributed by atoms with Gasteiger partial charge in [0.1, 0.15) is 24.0 Å². The highest BCUT2D eigenvalue weighted by molar-refractivity contribution is 5.80. The van der Waals surface area contributed by atoms with Crippen molar-refractivity contribution in [1.29, 1.82) is 0 Å². The molecule has 0 amide bonds. The second-order valence-corrected chi connectivity index (χ2v) is 9.22. The number of nitrogens with zero attached hydrogens (tertiary/aromatic N) is 3. The molecule has 5 rings (SSSR count). The van der Waals surface area contributed by atoms with Crippen molar-refractivity contribution in [2.75, 3.05) is 31.2 Å². The van der Waals surface area contributed by atoms with Gasteiger partial charge in [-0.2, -0.15) is 0 Å². The van der Waals surface area contributed by atoms with Gasteiger partial charge in [-0.15, -0.1) is 0 Å². The summed E-state index contributed by atoms with van der Waals surface area (Å²) in [5.41, 5.74) is 12.6. The SMILES string of the molecule is Cc1cc(N)ncc1-c1cc2c(c(Nc3ccc(C4CCN(C)CC4)cc3)n1)C(C=O)NC=C2. The number of carbonyl (C=O) groups excluding carboxylic acids is 1. The maximum absolute atomic E-state index is 11.8. The van der Waals surface area contributed by atoms with E-state index in [2.05, 4.69) is 51.8 Å². The lowest BCUT2D eigenvalue weighted by molar-refractivity contribution is -0.109. The van der Waals surface area contributed by atoms with E-state index in [-0.39, 0.29) is 0 Å². The van der Waals surface area contributed by atoms with Crippen molar-refractivity contribution >= 4 is 29.7 Å². The summed E-state index contributed by atoms with van der Waals surface area (Å²) in [7, 11) is 2.18. The van der Waals surface area contributed by atoms with Crippen molar-refractivity contribution in [2.45, 2.75) is 31.7 Å². The number of carbonyl (C=O) groups is 1. The number of nitrogens with two attached hydrogens (primary N) is 1. The monoisotopic (exact) mass is 454 g/mol. The van der Waals surface area contributed by atoms with Gasteiger partial charge in [0.15, 0.2) is 0 Å². The molecule has 0 aliphatic carbocycles. The van der Waals surface area contributed by atoms with Crippen LogP contribution in [0.3, 0.4) is 0 Å². The van der Waals surface area contributed by atoms with Crippen LogP contribution in [0.25, 0.3) is 17.3 Å². The fourth-order valence-corrected chi connectivity index (χ4v) is 4.87. The maximum Gasteiger partial charge on any atom is 0.146 e. The lowest BCUT2D eigenvalue weighted by atomic mass is 9.89. The average molecular weight is 455 g/mol. The van der Waals surface area contributed by atoms with Gasteiger partial charge in [0.2, 0.25) is 0 Å². The third-order valence-corrected chi connectivity index (χ3v) is 6.85. The Morgan fingerprint density at radius 1 is 1.18 bits per heavy atom. The van der Waals surface area contributed by atoms with E-state index in [1.165, 1.54) is 18.4 Å². The molecule has 4 N–H and O–H groups in total. The molecule has 1 aromatic carbocycles. The number of nitrogens with one attached hydrogen (secondary N) is 2. The third-order valence-electron chi connectivity index (χ3n) is 6.85. The van der Waals surface area contributed by atoms with Crippen molar-refractivity contribution in [3.63, 3.8) is 0 Å². The summed E-state index contributed by atoms with van der Waals surface area (Å²) in [5, 5.41) is 6.60. The Labute approximate surface area is 200 Å². The summed E-state index contributed by atoms with van der Waals surface area (Å²) >= 11 is 0. The molecule has 2 aliphatic rings. The molecule has 1 atom stereocenters. The van der Waals surface area contributed by atoms with Gasteiger partial charge in [0, 0.05) is 23.0 Å². The molecule has 1 saturated heterocycles. The molecule has 1 unspecified atom stereocenters. The number of aromatic nitrogens is 2. The summed E-state index contributed by atoms with van der Waals surface area (Å²) in [6, 6.07) is 12.0. The quantitative estimate of drug-likeness (QED) is 0.492. The number of rotatable bonds is 5. The summed E-state index contributed by atoms with van der Waals surface area (Å²) in [4.78, 5) is 23.4. The first-order chi connectivity index (χ1) is 16.5. The number of benzene rings is 1. The lowest BCUT2D eigenvalue weighted by Gasteiger charge is -2.29. The van der Waals surface area contributed by atoms with Crippen LogP contribution in [0.4, 0.5) is 17.3 Å². The Kier molecular flexibility index (Phi) is 6.02. The first-order valence-electron chi connectivity index (χ1n) is 11.7. The molecule has 2 aromatic heterocycles. The highest BCUT2D eigenvalue weighted by Gasteiger charge is 2.24. The molecule has 7 heteroatoms.